The Morgan fingerprint density at radius 1 is 0.632 bits per heavy atom. The molecule has 0 radical (unpaired) electrons. The lowest BCUT2D eigenvalue weighted by Gasteiger charge is -2.41. The van der Waals surface area contributed by atoms with Crippen molar-refractivity contribution in [3.05, 3.63) is 0 Å². The van der Waals surface area contributed by atoms with E-state index in [1.54, 1.807) is 0 Å². The lowest BCUT2D eigenvalue weighted by Crippen LogP contribution is -2.52. The first-order chi connectivity index (χ1) is 8.81. The molecule has 0 saturated heterocycles. The van der Waals surface area contributed by atoms with E-state index in [1.165, 1.54) is 70.6 Å². The largest absolute Gasteiger partial charge is 0.327 e. The number of hydrogen-bond donors (Lipinski definition) is 0. The van der Waals surface area contributed by atoms with Gasteiger partial charge in [0.1, 0.15) is 0 Å². The van der Waals surface area contributed by atoms with Crippen molar-refractivity contribution in [3.63, 3.8) is 0 Å². The number of hydrogen-bond acceptors (Lipinski definition) is 0. The minimum Gasteiger partial charge on any atom is -0.327 e. The highest BCUT2D eigenvalue weighted by Gasteiger charge is 2.31. The summed E-state index contributed by atoms with van der Waals surface area (Å²) in [5, 5.41) is 0. The lowest BCUT2D eigenvalue weighted by molar-refractivity contribution is -0.920. The van der Waals surface area contributed by atoms with Crippen molar-refractivity contribution in [3.8, 4) is 0 Å². The molecule has 0 atom stereocenters. The van der Waals surface area contributed by atoms with Crippen LogP contribution >= 0.6 is 0 Å². The third kappa shape index (κ3) is 9.49. The van der Waals surface area contributed by atoms with Crippen molar-refractivity contribution in [1.82, 2.24) is 0 Å². The summed E-state index contributed by atoms with van der Waals surface area (Å²) >= 11 is 0. The van der Waals surface area contributed by atoms with E-state index in [4.69, 9.17) is 0 Å². The van der Waals surface area contributed by atoms with Gasteiger partial charge in [-0.15, -0.1) is 0 Å². The van der Waals surface area contributed by atoms with Gasteiger partial charge < -0.3 is 4.48 Å². The average Bonchev–Trinajstić information content (AvgIpc) is 2.30. The van der Waals surface area contributed by atoms with Gasteiger partial charge in [-0.1, -0.05) is 64.7 Å². The fourth-order valence-corrected chi connectivity index (χ4v) is 2.38. The van der Waals surface area contributed by atoms with E-state index in [-0.39, 0.29) is 0 Å². The summed E-state index contributed by atoms with van der Waals surface area (Å²) in [4.78, 5) is 0. The lowest BCUT2D eigenvalue weighted by atomic mass is 9.93. The molecule has 0 aliphatic heterocycles. The molecule has 0 aromatic heterocycles. The summed E-state index contributed by atoms with van der Waals surface area (Å²) in [5.41, 5.74) is 0.417. The molecule has 116 valence electrons. The Kier molecular flexibility index (Phi) is 9.78. The number of rotatable bonds is 12. The number of nitrogens with zero attached hydrogens (tertiary/aromatic N) is 1. The Labute approximate surface area is 123 Å². The van der Waals surface area contributed by atoms with Crippen LogP contribution in [0, 0.1) is 0 Å². The molecule has 0 N–H and O–H groups in total. The normalized spacial score (nSPS) is 12.9. The smallest absolute Gasteiger partial charge is 0.0929 e. The van der Waals surface area contributed by atoms with Crippen LogP contribution < -0.4 is 0 Å². The maximum Gasteiger partial charge on any atom is 0.0929 e. The Morgan fingerprint density at radius 2 is 1.00 bits per heavy atom. The molecule has 0 rings (SSSR count). The topological polar surface area (TPSA) is 0 Å². The van der Waals surface area contributed by atoms with Gasteiger partial charge in [0.15, 0.2) is 0 Å². The summed E-state index contributed by atoms with van der Waals surface area (Å²) in [7, 11) is 6.95. The van der Waals surface area contributed by atoms with Crippen LogP contribution in [0.3, 0.4) is 0 Å². The van der Waals surface area contributed by atoms with Crippen molar-refractivity contribution in [2.24, 2.45) is 0 Å². The molecule has 0 fully saturated rings. The van der Waals surface area contributed by atoms with Gasteiger partial charge in [-0.25, -0.2) is 0 Å². The molecule has 1 heteroatoms. The average molecular weight is 271 g/mol. The molecular formula is C18H40N+. The fraction of sp³-hybridized carbons (Fsp3) is 1.00. The molecule has 0 spiro atoms. The quantitative estimate of drug-likeness (QED) is 0.311. The second kappa shape index (κ2) is 9.80. The van der Waals surface area contributed by atoms with Gasteiger partial charge in [0.05, 0.1) is 26.7 Å². The van der Waals surface area contributed by atoms with Gasteiger partial charge in [0.25, 0.3) is 0 Å². The maximum atomic E-state index is 2.40. The first-order valence-corrected chi connectivity index (χ1v) is 8.63. The van der Waals surface area contributed by atoms with Crippen LogP contribution in [0.25, 0.3) is 0 Å². The van der Waals surface area contributed by atoms with Crippen LogP contribution in [0.15, 0.2) is 0 Å². The summed E-state index contributed by atoms with van der Waals surface area (Å²) in [6, 6.07) is 0. The predicted octanol–water partition coefficient (Wildman–Crippen LogP) is 5.78. The number of unbranched alkanes of at least 4 members (excludes halogenated alkanes) is 9. The second-order valence-electron chi connectivity index (χ2n) is 7.76. The summed E-state index contributed by atoms with van der Waals surface area (Å²) in [5.74, 6) is 0. The van der Waals surface area contributed by atoms with Gasteiger partial charge in [-0.2, -0.15) is 0 Å². The molecule has 0 bridgehead atoms. The summed E-state index contributed by atoms with van der Waals surface area (Å²) in [6.07, 6.45) is 15.7. The van der Waals surface area contributed by atoms with Crippen LogP contribution in [-0.2, 0) is 0 Å². The van der Waals surface area contributed by atoms with Crippen molar-refractivity contribution < 1.29 is 4.48 Å². The van der Waals surface area contributed by atoms with Gasteiger partial charge in [0, 0.05) is 6.42 Å². The first-order valence-electron chi connectivity index (χ1n) is 8.63. The van der Waals surface area contributed by atoms with Crippen molar-refractivity contribution in [2.75, 3.05) is 21.1 Å². The molecule has 0 aromatic carbocycles. The monoisotopic (exact) mass is 270 g/mol. The van der Waals surface area contributed by atoms with Crippen molar-refractivity contribution >= 4 is 0 Å². The van der Waals surface area contributed by atoms with Crippen LogP contribution in [-0.4, -0.2) is 31.2 Å². The highest BCUT2D eigenvalue weighted by molar-refractivity contribution is 4.68. The SMILES string of the molecule is CCCCCCCCCCCCC(C)(C)[N+](C)(C)C. The Morgan fingerprint density at radius 3 is 1.37 bits per heavy atom. The molecule has 0 aromatic rings. The van der Waals surface area contributed by atoms with Gasteiger partial charge >= 0.3 is 0 Å². The molecule has 0 saturated carbocycles. The molecule has 0 amide bonds. The van der Waals surface area contributed by atoms with Gasteiger partial charge in [0.2, 0.25) is 0 Å². The minimum atomic E-state index is 0.417. The van der Waals surface area contributed by atoms with Gasteiger partial charge in [-0.3, -0.25) is 0 Å². The molecule has 0 unspecified atom stereocenters. The zero-order valence-corrected chi connectivity index (χ0v) is 14.7. The molecule has 0 aliphatic rings. The van der Waals surface area contributed by atoms with Crippen molar-refractivity contribution in [2.45, 2.75) is 96.9 Å². The van der Waals surface area contributed by atoms with Crippen molar-refractivity contribution in [1.29, 1.82) is 0 Å². The van der Waals surface area contributed by atoms with E-state index >= 15 is 0 Å². The van der Waals surface area contributed by atoms with Crippen LogP contribution in [0.2, 0.25) is 0 Å². The van der Waals surface area contributed by atoms with E-state index in [0.29, 0.717) is 5.54 Å². The predicted molar refractivity (Wildman–Crippen MR) is 88.6 cm³/mol. The van der Waals surface area contributed by atoms with Gasteiger partial charge in [-0.05, 0) is 20.3 Å². The Bertz CT molecular complexity index is 200. The Hall–Kier alpha value is -0.0400. The fourth-order valence-electron chi connectivity index (χ4n) is 2.38. The Balaban J connectivity index is 3.37. The highest BCUT2D eigenvalue weighted by Crippen LogP contribution is 2.24. The minimum absolute atomic E-state index is 0.417. The van der Waals surface area contributed by atoms with E-state index < -0.39 is 0 Å². The summed E-state index contributed by atoms with van der Waals surface area (Å²) in [6.45, 7) is 7.10. The zero-order chi connectivity index (χ0) is 14.8. The van der Waals surface area contributed by atoms with Crippen LogP contribution in [0.1, 0.15) is 91.4 Å². The van der Waals surface area contributed by atoms with E-state index in [9.17, 15) is 0 Å². The third-order valence-corrected chi connectivity index (χ3v) is 4.96. The van der Waals surface area contributed by atoms with Crippen LogP contribution in [0.5, 0.6) is 0 Å². The standard InChI is InChI=1S/C18H40N/c1-7-8-9-10-11-12-13-14-15-16-17-18(2,3)19(4,5)6/h7-17H2,1-6H3/q+1. The molecule has 0 aliphatic carbocycles. The maximum absolute atomic E-state index is 2.40. The first kappa shape index (κ1) is 19.0. The van der Waals surface area contributed by atoms with E-state index in [1.807, 2.05) is 0 Å². The van der Waals surface area contributed by atoms with E-state index in [2.05, 4.69) is 41.9 Å². The van der Waals surface area contributed by atoms with E-state index in [0.717, 1.165) is 4.48 Å². The second-order valence-corrected chi connectivity index (χ2v) is 7.76. The molecule has 19 heavy (non-hydrogen) atoms. The molecule has 1 nitrogen and oxygen atoms in total. The van der Waals surface area contributed by atoms with Crippen LogP contribution in [0.4, 0.5) is 0 Å². The summed E-state index contributed by atoms with van der Waals surface area (Å²) < 4.78 is 1.07. The highest BCUT2D eigenvalue weighted by atomic mass is 15.3. The molecular weight excluding hydrogens is 230 g/mol. The number of quaternary nitrogens is 1. The molecule has 0 heterocycles. The third-order valence-electron chi connectivity index (χ3n) is 4.96. The zero-order valence-electron chi connectivity index (χ0n) is 14.7.